The van der Waals surface area contributed by atoms with E-state index in [4.69, 9.17) is 9.84 Å². The number of rotatable bonds is 10. The third-order valence-corrected chi connectivity index (χ3v) is 5.28. The summed E-state index contributed by atoms with van der Waals surface area (Å²) in [4.78, 5) is 23.3. The summed E-state index contributed by atoms with van der Waals surface area (Å²) in [6.07, 6.45) is 2.65. The van der Waals surface area contributed by atoms with Crippen LogP contribution in [0.5, 0.6) is 5.75 Å². The van der Waals surface area contributed by atoms with Crippen molar-refractivity contribution in [2.45, 2.75) is 52.2 Å². The molecule has 0 aliphatic carbocycles. The number of aromatic nitrogens is 3. The van der Waals surface area contributed by atoms with Gasteiger partial charge >= 0.3 is 11.7 Å². The molecular weight excluding hydrogens is 394 g/mol. The van der Waals surface area contributed by atoms with Gasteiger partial charge in [-0.15, -0.1) is 0 Å². The molecule has 1 heterocycles. The molecule has 3 aromatic rings. The number of nitrogens with zero attached hydrogens (tertiary/aromatic N) is 3. The van der Waals surface area contributed by atoms with Gasteiger partial charge in [-0.1, -0.05) is 42.0 Å². The fourth-order valence-corrected chi connectivity index (χ4v) is 3.32. The van der Waals surface area contributed by atoms with E-state index in [9.17, 15) is 9.59 Å². The first-order valence-electron chi connectivity index (χ1n) is 10.5. The fourth-order valence-electron chi connectivity index (χ4n) is 3.32. The van der Waals surface area contributed by atoms with Crippen molar-refractivity contribution in [3.63, 3.8) is 0 Å². The minimum atomic E-state index is -0.986. The number of aryl methyl sites for hydroxylation is 3. The summed E-state index contributed by atoms with van der Waals surface area (Å²) in [6.45, 7) is 4.02. The molecule has 0 amide bonds. The van der Waals surface area contributed by atoms with Crippen LogP contribution in [0.25, 0.3) is 0 Å². The van der Waals surface area contributed by atoms with E-state index in [1.807, 2.05) is 43.3 Å². The predicted molar refractivity (Wildman–Crippen MR) is 119 cm³/mol. The standard InChI is InChI=1S/C24H29N3O4/c1-17-8-10-20(11-9-17)16-27-24(30)26(3)22(25-27)7-5-4-6-19-12-14-21(15-13-19)31-18(2)23(28)29/h8-15,18H,4-7,16H2,1-3H3,(H,28,29). The quantitative estimate of drug-likeness (QED) is 0.506. The lowest BCUT2D eigenvalue weighted by molar-refractivity contribution is -0.144. The number of aliphatic carboxylic acids is 1. The van der Waals surface area contributed by atoms with Gasteiger partial charge in [-0.05, 0) is 56.4 Å². The van der Waals surface area contributed by atoms with Crippen LogP contribution in [0.3, 0.4) is 0 Å². The van der Waals surface area contributed by atoms with Crippen LogP contribution >= 0.6 is 0 Å². The third-order valence-electron chi connectivity index (χ3n) is 5.28. The number of hydrogen-bond acceptors (Lipinski definition) is 4. The van der Waals surface area contributed by atoms with Crippen LogP contribution in [-0.4, -0.2) is 31.5 Å². The van der Waals surface area contributed by atoms with E-state index in [2.05, 4.69) is 5.10 Å². The van der Waals surface area contributed by atoms with Crippen molar-refractivity contribution in [1.82, 2.24) is 14.3 Å². The van der Waals surface area contributed by atoms with Gasteiger partial charge in [0.25, 0.3) is 0 Å². The van der Waals surface area contributed by atoms with Gasteiger partial charge in [0.05, 0.1) is 6.54 Å². The van der Waals surface area contributed by atoms with Crippen molar-refractivity contribution in [3.05, 3.63) is 81.5 Å². The zero-order chi connectivity index (χ0) is 22.4. The molecule has 2 aromatic carbocycles. The molecule has 7 heteroatoms. The Morgan fingerprint density at radius 3 is 2.29 bits per heavy atom. The van der Waals surface area contributed by atoms with Crippen molar-refractivity contribution in [1.29, 1.82) is 0 Å². The Morgan fingerprint density at radius 2 is 1.65 bits per heavy atom. The van der Waals surface area contributed by atoms with Crippen LogP contribution in [0.2, 0.25) is 0 Å². The molecule has 0 bridgehead atoms. The van der Waals surface area contributed by atoms with Gasteiger partial charge in [-0.2, -0.15) is 5.10 Å². The number of ether oxygens (including phenoxy) is 1. The summed E-state index contributed by atoms with van der Waals surface area (Å²) in [5, 5.41) is 13.4. The topological polar surface area (TPSA) is 86.3 Å². The molecule has 0 aliphatic heterocycles. The van der Waals surface area contributed by atoms with Crippen LogP contribution in [0, 0.1) is 6.92 Å². The molecule has 1 atom stereocenters. The summed E-state index contributed by atoms with van der Waals surface area (Å²) >= 11 is 0. The molecule has 0 fully saturated rings. The number of hydrogen-bond donors (Lipinski definition) is 1. The molecule has 0 radical (unpaired) electrons. The van der Waals surface area contributed by atoms with Gasteiger partial charge in [-0.3, -0.25) is 4.57 Å². The molecule has 0 aliphatic rings. The van der Waals surface area contributed by atoms with Crippen LogP contribution < -0.4 is 10.4 Å². The maximum atomic E-state index is 12.5. The minimum Gasteiger partial charge on any atom is -0.479 e. The Labute approximate surface area is 181 Å². The lowest BCUT2D eigenvalue weighted by Gasteiger charge is -2.10. The van der Waals surface area contributed by atoms with Gasteiger partial charge in [0.15, 0.2) is 6.10 Å². The van der Waals surface area contributed by atoms with Crippen molar-refractivity contribution < 1.29 is 14.6 Å². The highest BCUT2D eigenvalue weighted by Crippen LogP contribution is 2.16. The van der Waals surface area contributed by atoms with E-state index in [1.54, 1.807) is 23.7 Å². The van der Waals surface area contributed by atoms with Crippen LogP contribution in [0.4, 0.5) is 0 Å². The summed E-state index contributed by atoms with van der Waals surface area (Å²) in [5.74, 6) is 0.357. The first-order valence-corrected chi connectivity index (χ1v) is 10.5. The molecule has 0 spiro atoms. The highest BCUT2D eigenvalue weighted by molar-refractivity contribution is 5.72. The average molecular weight is 424 g/mol. The van der Waals surface area contributed by atoms with E-state index in [-0.39, 0.29) is 5.69 Å². The highest BCUT2D eigenvalue weighted by Gasteiger charge is 2.12. The monoisotopic (exact) mass is 423 g/mol. The smallest absolute Gasteiger partial charge is 0.345 e. The van der Waals surface area contributed by atoms with Crippen LogP contribution in [-0.2, 0) is 31.2 Å². The van der Waals surface area contributed by atoms with E-state index in [0.29, 0.717) is 12.3 Å². The van der Waals surface area contributed by atoms with Crippen LogP contribution in [0.1, 0.15) is 42.3 Å². The molecule has 1 aromatic heterocycles. The lowest BCUT2D eigenvalue weighted by atomic mass is 10.1. The minimum absolute atomic E-state index is 0.0956. The Hall–Kier alpha value is -3.35. The van der Waals surface area contributed by atoms with Crippen molar-refractivity contribution in [2.24, 2.45) is 7.05 Å². The van der Waals surface area contributed by atoms with Gasteiger partial charge in [0.2, 0.25) is 0 Å². The number of unbranched alkanes of at least 4 members (excludes halogenated alkanes) is 1. The number of carboxylic acid groups (broad SMARTS) is 1. The second-order valence-electron chi connectivity index (χ2n) is 7.85. The largest absolute Gasteiger partial charge is 0.479 e. The lowest BCUT2D eigenvalue weighted by Crippen LogP contribution is -2.23. The molecule has 7 nitrogen and oxygen atoms in total. The number of carbonyl (C=O) groups is 1. The van der Waals surface area contributed by atoms with E-state index in [0.717, 1.165) is 42.6 Å². The fraction of sp³-hybridized carbons (Fsp3) is 0.375. The Bertz CT molecular complexity index is 1070. The summed E-state index contributed by atoms with van der Waals surface area (Å²) in [5.41, 5.74) is 3.31. The second-order valence-corrected chi connectivity index (χ2v) is 7.85. The summed E-state index contributed by atoms with van der Waals surface area (Å²) < 4.78 is 8.50. The normalized spacial score (nSPS) is 12.0. The SMILES string of the molecule is Cc1ccc(Cn2nc(CCCCc3ccc(OC(C)C(=O)O)cc3)n(C)c2=O)cc1. The second kappa shape index (κ2) is 10.1. The molecular formula is C24H29N3O4. The Kier molecular flexibility index (Phi) is 7.28. The van der Waals surface area contributed by atoms with Gasteiger partial charge in [-0.25, -0.2) is 14.3 Å². The van der Waals surface area contributed by atoms with Crippen LogP contribution in [0.15, 0.2) is 53.3 Å². The highest BCUT2D eigenvalue weighted by atomic mass is 16.5. The van der Waals surface area contributed by atoms with Crippen molar-refractivity contribution in [3.8, 4) is 5.75 Å². The maximum Gasteiger partial charge on any atom is 0.345 e. The van der Waals surface area contributed by atoms with Gasteiger partial charge < -0.3 is 9.84 Å². The van der Waals surface area contributed by atoms with Crippen molar-refractivity contribution in [2.75, 3.05) is 0 Å². The van der Waals surface area contributed by atoms with Crippen molar-refractivity contribution >= 4 is 5.97 Å². The maximum absolute atomic E-state index is 12.5. The number of benzene rings is 2. The van der Waals surface area contributed by atoms with Gasteiger partial charge in [0.1, 0.15) is 11.6 Å². The molecule has 0 saturated carbocycles. The predicted octanol–water partition coefficient (Wildman–Crippen LogP) is 3.36. The summed E-state index contributed by atoms with van der Waals surface area (Å²) in [7, 11) is 1.77. The molecule has 1 unspecified atom stereocenters. The Balaban J connectivity index is 1.50. The van der Waals surface area contributed by atoms with Gasteiger partial charge in [0, 0.05) is 13.5 Å². The summed E-state index contributed by atoms with van der Waals surface area (Å²) in [6, 6.07) is 15.6. The molecule has 0 saturated heterocycles. The zero-order valence-corrected chi connectivity index (χ0v) is 18.2. The molecule has 1 N–H and O–H groups in total. The molecule has 31 heavy (non-hydrogen) atoms. The average Bonchev–Trinajstić information content (AvgIpc) is 3.01. The van der Waals surface area contributed by atoms with E-state index in [1.165, 1.54) is 17.2 Å². The molecule has 164 valence electrons. The van der Waals surface area contributed by atoms with E-state index >= 15 is 0 Å². The first-order chi connectivity index (χ1) is 14.8. The number of carboxylic acids is 1. The van der Waals surface area contributed by atoms with E-state index < -0.39 is 12.1 Å². The zero-order valence-electron chi connectivity index (χ0n) is 18.2. The first kappa shape index (κ1) is 22.3. The Morgan fingerprint density at radius 1 is 1.03 bits per heavy atom. The third kappa shape index (κ3) is 6.07. The molecule has 3 rings (SSSR count).